The first-order valence-corrected chi connectivity index (χ1v) is 4.02. The van der Waals surface area contributed by atoms with E-state index in [-0.39, 0.29) is 11.1 Å². The average Bonchev–Trinajstić information content (AvgIpc) is 2.14. The maximum absolute atomic E-state index is 11.2. The number of carbonyl (C=O) groups is 1. The Morgan fingerprint density at radius 1 is 1.15 bits per heavy atom. The summed E-state index contributed by atoms with van der Waals surface area (Å²) in [4.78, 5) is 11.2. The van der Waals surface area contributed by atoms with Gasteiger partial charge < -0.3 is 20.6 Å². The van der Waals surface area contributed by atoms with E-state index in [2.05, 4.69) is 5.32 Å². The molecular formula is C8H15NO4. The van der Waals surface area contributed by atoms with Crippen molar-refractivity contribution >= 4 is 5.91 Å². The molecule has 5 nitrogen and oxygen atoms in total. The Labute approximate surface area is 76.7 Å². The minimum atomic E-state index is -0.484. The third-order valence-electron chi connectivity index (χ3n) is 1.58. The van der Waals surface area contributed by atoms with Gasteiger partial charge in [-0.25, -0.2) is 0 Å². The molecule has 0 aliphatic rings. The maximum Gasteiger partial charge on any atom is 0.249 e. The maximum atomic E-state index is 11.2. The smallest absolute Gasteiger partial charge is 0.249 e. The molecule has 0 aromatic heterocycles. The molecule has 0 heterocycles. The molecule has 0 aliphatic carbocycles. The van der Waals surface area contributed by atoms with Gasteiger partial charge in [0, 0.05) is 12.1 Å². The number of aliphatic hydroxyl groups is 3. The van der Waals surface area contributed by atoms with Gasteiger partial charge in [0.15, 0.2) is 0 Å². The molecule has 0 radical (unpaired) electrons. The summed E-state index contributed by atoms with van der Waals surface area (Å²) >= 11 is 0. The highest BCUT2D eigenvalue weighted by atomic mass is 16.3. The Bertz CT molecular complexity index is 194. The highest BCUT2D eigenvalue weighted by Gasteiger charge is 2.12. The van der Waals surface area contributed by atoms with E-state index in [4.69, 9.17) is 15.3 Å². The second-order valence-electron chi connectivity index (χ2n) is 2.42. The number of hydrogen-bond donors (Lipinski definition) is 4. The Hall–Kier alpha value is -0.910. The summed E-state index contributed by atoms with van der Waals surface area (Å²) in [5.74, 6) is -0.455. The molecule has 0 aliphatic heterocycles. The lowest BCUT2D eigenvalue weighted by molar-refractivity contribution is -0.117. The van der Waals surface area contributed by atoms with Crippen LogP contribution in [0.25, 0.3) is 0 Å². The molecule has 0 rings (SSSR count). The van der Waals surface area contributed by atoms with Crippen molar-refractivity contribution in [1.82, 2.24) is 5.32 Å². The predicted octanol–water partition coefficient (Wildman–Crippen LogP) is -1.60. The van der Waals surface area contributed by atoms with E-state index in [1.165, 1.54) is 0 Å². The van der Waals surface area contributed by atoms with Crippen LogP contribution >= 0.6 is 0 Å². The summed E-state index contributed by atoms with van der Waals surface area (Å²) in [6, 6.07) is 0. The Morgan fingerprint density at radius 2 is 1.69 bits per heavy atom. The molecule has 0 aromatic carbocycles. The molecule has 5 heteroatoms. The summed E-state index contributed by atoms with van der Waals surface area (Å²) in [5.41, 5.74) is 0.181. The lowest BCUT2D eigenvalue weighted by Gasteiger charge is -2.08. The van der Waals surface area contributed by atoms with Crippen LogP contribution in [-0.2, 0) is 4.79 Å². The molecule has 0 atom stereocenters. The van der Waals surface area contributed by atoms with Crippen molar-refractivity contribution in [1.29, 1.82) is 0 Å². The first kappa shape index (κ1) is 12.1. The van der Waals surface area contributed by atoms with Crippen LogP contribution in [0, 0.1) is 0 Å². The fraction of sp³-hybridized carbons (Fsp3) is 0.625. The van der Waals surface area contributed by atoms with Crippen molar-refractivity contribution in [3.63, 3.8) is 0 Å². The first-order chi connectivity index (χ1) is 6.21. The lowest BCUT2D eigenvalue weighted by atomic mass is 10.1. The van der Waals surface area contributed by atoms with Crippen LogP contribution in [-0.4, -0.2) is 47.6 Å². The van der Waals surface area contributed by atoms with Gasteiger partial charge in [-0.1, -0.05) is 0 Å². The minimum absolute atomic E-state index is 0.0341. The molecule has 0 bridgehead atoms. The van der Waals surface area contributed by atoms with Crippen molar-refractivity contribution in [3.05, 3.63) is 11.1 Å². The van der Waals surface area contributed by atoms with E-state index in [9.17, 15) is 4.79 Å². The molecule has 13 heavy (non-hydrogen) atoms. The van der Waals surface area contributed by atoms with Gasteiger partial charge in [-0.2, -0.15) is 0 Å². The van der Waals surface area contributed by atoms with Crippen LogP contribution in [0.5, 0.6) is 0 Å². The van der Waals surface area contributed by atoms with Gasteiger partial charge in [0.1, 0.15) is 0 Å². The first-order valence-electron chi connectivity index (χ1n) is 4.02. The summed E-state index contributed by atoms with van der Waals surface area (Å²) in [6.07, 6.45) is 0. The molecule has 0 unspecified atom stereocenters. The zero-order valence-electron chi connectivity index (χ0n) is 7.58. The van der Waals surface area contributed by atoms with Gasteiger partial charge in [-0.05, 0) is 12.5 Å². The summed E-state index contributed by atoms with van der Waals surface area (Å²) in [7, 11) is 0. The van der Waals surface area contributed by atoms with Gasteiger partial charge in [-0.3, -0.25) is 4.79 Å². The van der Waals surface area contributed by atoms with Crippen LogP contribution in [0.15, 0.2) is 11.1 Å². The standard InChI is InChI=1S/C8H15NO4/c1-2-9-8(13)7(5-12)6(3-10)4-11/h10-12H,2-5H2,1H3,(H,9,13). The number of nitrogens with one attached hydrogen (secondary N) is 1. The molecule has 0 saturated heterocycles. The molecule has 1 amide bonds. The highest BCUT2D eigenvalue weighted by molar-refractivity contribution is 5.94. The number of carbonyl (C=O) groups excluding carboxylic acids is 1. The van der Waals surface area contributed by atoms with E-state index < -0.39 is 25.7 Å². The number of amides is 1. The fourth-order valence-electron chi connectivity index (χ4n) is 0.852. The highest BCUT2D eigenvalue weighted by Crippen LogP contribution is 2.02. The average molecular weight is 189 g/mol. The molecule has 0 fully saturated rings. The topological polar surface area (TPSA) is 89.8 Å². The molecule has 76 valence electrons. The Kier molecular flexibility index (Phi) is 6.13. The van der Waals surface area contributed by atoms with Crippen LogP contribution in [0.2, 0.25) is 0 Å². The number of aliphatic hydroxyl groups excluding tert-OH is 3. The fourth-order valence-corrected chi connectivity index (χ4v) is 0.852. The van der Waals surface area contributed by atoms with Gasteiger partial charge in [0.25, 0.3) is 0 Å². The van der Waals surface area contributed by atoms with E-state index >= 15 is 0 Å². The minimum Gasteiger partial charge on any atom is -0.392 e. The predicted molar refractivity (Wildman–Crippen MR) is 47.0 cm³/mol. The van der Waals surface area contributed by atoms with Crippen LogP contribution in [0.3, 0.4) is 0 Å². The molecular weight excluding hydrogens is 174 g/mol. The van der Waals surface area contributed by atoms with E-state index in [0.29, 0.717) is 6.54 Å². The van der Waals surface area contributed by atoms with Crippen molar-refractivity contribution in [2.75, 3.05) is 26.4 Å². The van der Waals surface area contributed by atoms with Crippen molar-refractivity contribution in [2.24, 2.45) is 0 Å². The van der Waals surface area contributed by atoms with Crippen LogP contribution < -0.4 is 5.32 Å². The molecule has 0 saturated carbocycles. The van der Waals surface area contributed by atoms with Gasteiger partial charge in [0.05, 0.1) is 19.8 Å². The summed E-state index contributed by atoms with van der Waals surface area (Å²) in [5, 5.41) is 28.8. The Morgan fingerprint density at radius 3 is 2.00 bits per heavy atom. The monoisotopic (exact) mass is 189 g/mol. The van der Waals surface area contributed by atoms with Crippen LogP contribution in [0.4, 0.5) is 0 Å². The van der Waals surface area contributed by atoms with Crippen molar-refractivity contribution in [3.8, 4) is 0 Å². The van der Waals surface area contributed by atoms with Gasteiger partial charge in [0.2, 0.25) is 5.91 Å². The number of rotatable bonds is 5. The van der Waals surface area contributed by atoms with Crippen molar-refractivity contribution in [2.45, 2.75) is 6.92 Å². The lowest BCUT2D eigenvalue weighted by Crippen LogP contribution is -2.28. The summed E-state index contributed by atoms with van der Waals surface area (Å²) in [6.45, 7) is 0.840. The third-order valence-corrected chi connectivity index (χ3v) is 1.58. The van der Waals surface area contributed by atoms with Crippen LogP contribution in [0.1, 0.15) is 6.92 Å². The van der Waals surface area contributed by atoms with E-state index in [0.717, 1.165) is 0 Å². The zero-order chi connectivity index (χ0) is 10.3. The quantitative estimate of drug-likeness (QED) is 0.392. The number of hydrogen-bond acceptors (Lipinski definition) is 4. The summed E-state index contributed by atoms with van der Waals surface area (Å²) < 4.78 is 0. The largest absolute Gasteiger partial charge is 0.392 e. The zero-order valence-corrected chi connectivity index (χ0v) is 7.58. The van der Waals surface area contributed by atoms with Gasteiger partial charge >= 0.3 is 0 Å². The third kappa shape index (κ3) is 3.54. The van der Waals surface area contributed by atoms with E-state index in [1.54, 1.807) is 6.92 Å². The number of likely N-dealkylation sites (N-methyl/N-ethyl adjacent to an activating group) is 1. The van der Waals surface area contributed by atoms with Crippen molar-refractivity contribution < 1.29 is 20.1 Å². The molecule has 0 spiro atoms. The normalized spacial score (nSPS) is 9.54. The Balaban J connectivity index is 4.63. The molecule has 0 aromatic rings. The van der Waals surface area contributed by atoms with Gasteiger partial charge in [-0.15, -0.1) is 0 Å². The molecule has 4 N–H and O–H groups in total. The second kappa shape index (κ2) is 6.59. The SMILES string of the molecule is CCNC(=O)C(CO)=C(CO)CO. The second-order valence-corrected chi connectivity index (χ2v) is 2.42. The van der Waals surface area contributed by atoms with E-state index in [1.807, 2.05) is 0 Å².